The third kappa shape index (κ3) is 5.74. The summed E-state index contributed by atoms with van der Waals surface area (Å²) < 4.78 is 51.7. The molecule has 0 radical (unpaired) electrons. The van der Waals surface area contributed by atoms with Gasteiger partial charge in [0.1, 0.15) is 5.75 Å². The topological polar surface area (TPSA) is 90.3 Å². The lowest BCUT2D eigenvalue weighted by Gasteiger charge is -2.11. The summed E-state index contributed by atoms with van der Waals surface area (Å²) in [4.78, 5) is 16.8. The van der Waals surface area contributed by atoms with Gasteiger partial charge in [-0.25, -0.2) is 9.48 Å². The average Bonchev–Trinajstić information content (AvgIpc) is 3.28. The van der Waals surface area contributed by atoms with E-state index in [2.05, 4.69) is 20.7 Å². The van der Waals surface area contributed by atoms with Crippen molar-refractivity contribution in [3.8, 4) is 28.8 Å². The third-order valence-electron chi connectivity index (χ3n) is 5.01. The summed E-state index contributed by atoms with van der Waals surface area (Å²) in [5.74, 6) is 0.814. The molecule has 4 rings (SSSR count). The number of ether oxygens (including phenoxy) is 2. The Bertz CT molecular complexity index is 1350. The van der Waals surface area contributed by atoms with Gasteiger partial charge < -0.3 is 20.1 Å². The molecule has 0 saturated heterocycles. The molecule has 0 unspecified atom stereocenters. The van der Waals surface area contributed by atoms with Crippen LogP contribution >= 0.6 is 0 Å². The summed E-state index contributed by atoms with van der Waals surface area (Å²) in [6.07, 6.45) is -4.51. The number of amides is 2. The van der Waals surface area contributed by atoms with Crippen LogP contribution in [0.2, 0.25) is 0 Å². The number of halogens is 3. The lowest BCUT2D eigenvalue weighted by atomic mass is 10.1. The van der Waals surface area contributed by atoms with Crippen LogP contribution in [0, 0.1) is 0 Å². The molecule has 0 saturated carbocycles. The first-order valence-electron chi connectivity index (χ1n) is 10.9. The Kier molecular flexibility index (Phi) is 7.09. The zero-order valence-corrected chi connectivity index (χ0v) is 19.3. The second-order valence-corrected chi connectivity index (χ2v) is 7.50. The largest absolute Gasteiger partial charge is 0.497 e. The number of hydrogen-bond acceptors (Lipinski definition) is 5. The van der Waals surface area contributed by atoms with Gasteiger partial charge in [-0.3, -0.25) is 0 Å². The van der Waals surface area contributed by atoms with Gasteiger partial charge in [0.2, 0.25) is 0 Å². The Labute approximate surface area is 204 Å². The Hall–Kier alpha value is -4.54. The maximum absolute atomic E-state index is 13.3. The number of benzene rings is 3. The molecule has 0 aliphatic carbocycles. The van der Waals surface area contributed by atoms with Crippen molar-refractivity contribution in [3.63, 3.8) is 0 Å². The van der Waals surface area contributed by atoms with Crippen LogP contribution in [0.4, 0.5) is 29.3 Å². The van der Waals surface area contributed by atoms with Crippen LogP contribution in [0.1, 0.15) is 12.5 Å². The first-order valence-corrected chi connectivity index (χ1v) is 10.9. The maximum Gasteiger partial charge on any atom is 0.416 e. The van der Waals surface area contributed by atoms with Crippen LogP contribution in [-0.2, 0) is 6.18 Å². The summed E-state index contributed by atoms with van der Waals surface area (Å²) in [7, 11) is 1.55. The van der Waals surface area contributed by atoms with E-state index in [9.17, 15) is 18.0 Å². The SMILES string of the molecule is CCOc1nc(-c2cccc(C(F)(F)F)c2)n(-c2cccc(NC(=O)Nc3ccc(OC)cc3)c2)n1. The number of alkyl halides is 3. The molecule has 1 aromatic heterocycles. The van der Waals surface area contributed by atoms with Gasteiger partial charge >= 0.3 is 18.2 Å². The van der Waals surface area contributed by atoms with Crippen LogP contribution in [0.3, 0.4) is 0 Å². The molecule has 2 amide bonds. The van der Waals surface area contributed by atoms with E-state index in [1.54, 1.807) is 62.6 Å². The number of nitrogens with zero attached hydrogens (tertiary/aromatic N) is 3. The van der Waals surface area contributed by atoms with Crippen LogP contribution in [0.5, 0.6) is 11.8 Å². The summed E-state index contributed by atoms with van der Waals surface area (Å²) in [6, 6.07) is 17.8. The second kappa shape index (κ2) is 10.4. The minimum Gasteiger partial charge on any atom is -0.497 e. The highest BCUT2D eigenvalue weighted by Gasteiger charge is 2.31. The van der Waals surface area contributed by atoms with E-state index >= 15 is 0 Å². The second-order valence-electron chi connectivity index (χ2n) is 7.50. The van der Waals surface area contributed by atoms with Crippen LogP contribution in [-0.4, -0.2) is 34.5 Å². The predicted octanol–water partition coefficient (Wildman–Crippen LogP) is 6.00. The van der Waals surface area contributed by atoms with E-state index in [0.717, 1.165) is 12.1 Å². The molecule has 0 atom stereocenters. The molecule has 1 heterocycles. The fraction of sp³-hybridized carbons (Fsp3) is 0.160. The molecule has 0 bridgehead atoms. The standard InChI is InChI=1S/C25H22F3N5O3/c1-3-36-24-31-22(16-6-4-7-17(14-16)25(26,27)28)33(32-24)20-9-5-8-19(15-20)30-23(34)29-18-10-12-21(35-2)13-11-18/h4-15H,3H2,1-2H3,(H2,29,30,34). The number of carbonyl (C=O) groups excluding carboxylic acids is 1. The molecule has 0 aliphatic rings. The van der Waals surface area contributed by atoms with Gasteiger partial charge in [-0.1, -0.05) is 18.2 Å². The number of urea groups is 1. The fourth-order valence-electron chi connectivity index (χ4n) is 3.37. The van der Waals surface area contributed by atoms with Gasteiger partial charge in [0.15, 0.2) is 5.82 Å². The highest BCUT2D eigenvalue weighted by atomic mass is 19.4. The van der Waals surface area contributed by atoms with E-state index in [4.69, 9.17) is 9.47 Å². The summed E-state index contributed by atoms with van der Waals surface area (Å²) in [5, 5.41) is 9.74. The number of rotatable bonds is 7. The van der Waals surface area contributed by atoms with Crippen molar-refractivity contribution in [2.75, 3.05) is 24.4 Å². The maximum atomic E-state index is 13.3. The van der Waals surface area contributed by atoms with Gasteiger partial charge in [-0.2, -0.15) is 18.2 Å². The summed E-state index contributed by atoms with van der Waals surface area (Å²) in [6.45, 7) is 2.02. The molecule has 8 nitrogen and oxygen atoms in total. The number of aromatic nitrogens is 3. The zero-order chi connectivity index (χ0) is 25.7. The number of nitrogens with one attached hydrogen (secondary N) is 2. The van der Waals surface area contributed by atoms with Gasteiger partial charge in [-0.15, -0.1) is 5.10 Å². The fourth-order valence-corrected chi connectivity index (χ4v) is 3.37. The molecule has 0 aliphatic heterocycles. The Morgan fingerprint density at radius 1 is 0.972 bits per heavy atom. The van der Waals surface area contributed by atoms with Crippen molar-refractivity contribution < 1.29 is 27.4 Å². The highest BCUT2D eigenvalue weighted by molar-refractivity contribution is 5.99. The molecule has 11 heteroatoms. The monoisotopic (exact) mass is 497 g/mol. The number of carbonyl (C=O) groups is 1. The molecule has 36 heavy (non-hydrogen) atoms. The molecule has 0 spiro atoms. The minimum absolute atomic E-state index is 0.0144. The molecule has 2 N–H and O–H groups in total. The predicted molar refractivity (Wildman–Crippen MR) is 129 cm³/mol. The Morgan fingerprint density at radius 3 is 2.39 bits per heavy atom. The number of methoxy groups -OCH3 is 1. The smallest absolute Gasteiger partial charge is 0.416 e. The third-order valence-corrected chi connectivity index (χ3v) is 5.01. The van der Waals surface area contributed by atoms with Crippen molar-refractivity contribution in [2.45, 2.75) is 13.1 Å². The first kappa shape index (κ1) is 24.6. The van der Waals surface area contributed by atoms with Gasteiger partial charge in [0.05, 0.1) is 25.0 Å². The quantitative estimate of drug-likeness (QED) is 0.327. The molecule has 186 valence electrons. The van der Waals surface area contributed by atoms with Gasteiger partial charge in [0.25, 0.3) is 0 Å². The molecular weight excluding hydrogens is 475 g/mol. The van der Waals surface area contributed by atoms with Gasteiger partial charge in [-0.05, 0) is 61.5 Å². The van der Waals surface area contributed by atoms with Crippen molar-refractivity contribution in [1.82, 2.24) is 14.8 Å². The van der Waals surface area contributed by atoms with Crippen LogP contribution in [0.25, 0.3) is 17.1 Å². The van der Waals surface area contributed by atoms with E-state index < -0.39 is 17.8 Å². The summed E-state index contributed by atoms with van der Waals surface area (Å²) in [5.41, 5.74) is 0.857. The first-order chi connectivity index (χ1) is 17.3. The van der Waals surface area contributed by atoms with Crippen LogP contribution < -0.4 is 20.1 Å². The molecule has 4 aromatic rings. The van der Waals surface area contributed by atoms with E-state index in [0.29, 0.717) is 22.8 Å². The van der Waals surface area contributed by atoms with E-state index in [1.807, 2.05) is 0 Å². The molecule has 0 fully saturated rings. The van der Waals surface area contributed by atoms with Gasteiger partial charge in [0, 0.05) is 16.9 Å². The van der Waals surface area contributed by atoms with E-state index in [-0.39, 0.29) is 24.0 Å². The molecular formula is C25H22F3N5O3. The minimum atomic E-state index is -4.51. The highest BCUT2D eigenvalue weighted by Crippen LogP contribution is 2.33. The Balaban J connectivity index is 1.62. The average molecular weight is 497 g/mol. The zero-order valence-electron chi connectivity index (χ0n) is 19.3. The van der Waals surface area contributed by atoms with Crippen molar-refractivity contribution in [3.05, 3.63) is 78.4 Å². The Morgan fingerprint density at radius 2 is 1.69 bits per heavy atom. The van der Waals surface area contributed by atoms with Crippen molar-refractivity contribution >= 4 is 17.4 Å². The van der Waals surface area contributed by atoms with Crippen molar-refractivity contribution in [1.29, 1.82) is 0 Å². The van der Waals surface area contributed by atoms with Crippen LogP contribution in [0.15, 0.2) is 72.8 Å². The lowest BCUT2D eigenvalue weighted by molar-refractivity contribution is -0.137. The molecule has 3 aromatic carbocycles. The number of anilines is 2. The summed E-state index contributed by atoms with van der Waals surface area (Å²) >= 11 is 0. The lowest BCUT2D eigenvalue weighted by Crippen LogP contribution is -2.19. The normalized spacial score (nSPS) is 11.1. The van der Waals surface area contributed by atoms with E-state index in [1.165, 1.54) is 16.8 Å². The number of hydrogen-bond donors (Lipinski definition) is 2. The van der Waals surface area contributed by atoms with Crippen molar-refractivity contribution in [2.24, 2.45) is 0 Å².